The summed E-state index contributed by atoms with van der Waals surface area (Å²) in [6.07, 6.45) is 1.77. The maximum atomic E-state index is 13.3. The fourth-order valence-electron chi connectivity index (χ4n) is 3.51. The Hall–Kier alpha value is -4.06. The van der Waals surface area contributed by atoms with Crippen LogP contribution in [0.1, 0.15) is 15.9 Å². The SMILES string of the molecule is COc1ccccc1-c1nn(-c2ccccc2)cc1C(=O)NCc1cccc(N(C)C)c1. The van der Waals surface area contributed by atoms with E-state index in [0.29, 0.717) is 23.6 Å². The Labute approximate surface area is 188 Å². The van der Waals surface area contributed by atoms with Crippen LogP contribution in [0.3, 0.4) is 0 Å². The van der Waals surface area contributed by atoms with E-state index >= 15 is 0 Å². The summed E-state index contributed by atoms with van der Waals surface area (Å²) in [4.78, 5) is 15.3. The summed E-state index contributed by atoms with van der Waals surface area (Å²) in [5.41, 5.74) is 4.82. The number of nitrogens with zero attached hydrogens (tertiary/aromatic N) is 3. The highest BCUT2D eigenvalue weighted by molar-refractivity contribution is 6.00. The van der Waals surface area contributed by atoms with Crippen LogP contribution in [0.4, 0.5) is 5.69 Å². The summed E-state index contributed by atoms with van der Waals surface area (Å²) in [5, 5.41) is 7.78. The number of methoxy groups -OCH3 is 1. The van der Waals surface area contributed by atoms with E-state index in [1.807, 2.05) is 91.8 Å². The van der Waals surface area contributed by atoms with E-state index in [9.17, 15) is 4.79 Å². The van der Waals surface area contributed by atoms with E-state index < -0.39 is 0 Å². The first-order valence-electron chi connectivity index (χ1n) is 10.4. The molecule has 1 amide bonds. The molecule has 0 saturated heterocycles. The van der Waals surface area contributed by atoms with Gasteiger partial charge in [0.2, 0.25) is 0 Å². The number of benzene rings is 3. The molecule has 0 bridgehead atoms. The van der Waals surface area contributed by atoms with Crippen molar-refractivity contribution in [3.8, 4) is 22.7 Å². The van der Waals surface area contributed by atoms with Crippen LogP contribution in [0.15, 0.2) is 85.1 Å². The van der Waals surface area contributed by atoms with Crippen LogP contribution in [0, 0.1) is 0 Å². The molecule has 1 heterocycles. The molecule has 1 aromatic heterocycles. The third kappa shape index (κ3) is 4.49. The summed E-state index contributed by atoms with van der Waals surface area (Å²) in [6.45, 7) is 0.419. The van der Waals surface area contributed by atoms with E-state index in [2.05, 4.69) is 11.4 Å². The van der Waals surface area contributed by atoms with Crippen LogP contribution >= 0.6 is 0 Å². The fraction of sp³-hybridized carbons (Fsp3) is 0.154. The Kier molecular flexibility index (Phi) is 6.22. The zero-order chi connectivity index (χ0) is 22.5. The summed E-state index contributed by atoms with van der Waals surface area (Å²) in [6, 6.07) is 25.4. The van der Waals surface area contributed by atoms with Gasteiger partial charge >= 0.3 is 0 Å². The smallest absolute Gasteiger partial charge is 0.255 e. The molecule has 162 valence electrons. The van der Waals surface area contributed by atoms with Gasteiger partial charge in [-0.1, -0.05) is 42.5 Å². The predicted molar refractivity (Wildman–Crippen MR) is 127 cm³/mol. The van der Waals surface area contributed by atoms with Crippen LogP contribution < -0.4 is 15.0 Å². The maximum absolute atomic E-state index is 13.3. The minimum absolute atomic E-state index is 0.191. The molecule has 0 spiro atoms. The van der Waals surface area contributed by atoms with Crippen molar-refractivity contribution < 1.29 is 9.53 Å². The number of para-hydroxylation sites is 2. The quantitative estimate of drug-likeness (QED) is 0.471. The van der Waals surface area contributed by atoms with Crippen molar-refractivity contribution in [2.24, 2.45) is 0 Å². The van der Waals surface area contributed by atoms with Gasteiger partial charge in [-0.2, -0.15) is 5.10 Å². The molecule has 0 fully saturated rings. The molecule has 6 heteroatoms. The van der Waals surface area contributed by atoms with Crippen molar-refractivity contribution in [1.82, 2.24) is 15.1 Å². The topological polar surface area (TPSA) is 59.4 Å². The molecule has 0 aliphatic rings. The molecule has 0 saturated carbocycles. The van der Waals surface area contributed by atoms with Crippen LogP contribution in [0.25, 0.3) is 16.9 Å². The molecule has 0 radical (unpaired) electrons. The molecule has 6 nitrogen and oxygen atoms in total. The second-order valence-corrected chi connectivity index (χ2v) is 7.62. The highest BCUT2D eigenvalue weighted by Gasteiger charge is 2.21. The van der Waals surface area contributed by atoms with Crippen molar-refractivity contribution in [2.75, 3.05) is 26.1 Å². The average Bonchev–Trinajstić information content (AvgIpc) is 3.28. The summed E-state index contributed by atoms with van der Waals surface area (Å²) < 4.78 is 7.25. The fourth-order valence-corrected chi connectivity index (χ4v) is 3.51. The van der Waals surface area contributed by atoms with Crippen molar-refractivity contribution in [1.29, 1.82) is 0 Å². The van der Waals surface area contributed by atoms with Gasteiger partial charge in [0.15, 0.2) is 0 Å². The van der Waals surface area contributed by atoms with Gasteiger partial charge in [0.25, 0.3) is 5.91 Å². The van der Waals surface area contributed by atoms with Gasteiger partial charge < -0.3 is 15.0 Å². The van der Waals surface area contributed by atoms with Gasteiger partial charge in [0.05, 0.1) is 18.4 Å². The summed E-state index contributed by atoms with van der Waals surface area (Å²) >= 11 is 0. The van der Waals surface area contributed by atoms with Crippen LogP contribution in [-0.4, -0.2) is 36.9 Å². The number of ether oxygens (including phenoxy) is 1. The molecule has 0 atom stereocenters. The lowest BCUT2D eigenvalue weighted by Gasteiger charge is -2.14. The first-order chi connectivity index (χ1) is 15.6. The number of amides is 1. The highest BCUT2D eigenvalue weighted by Crippen LogP contribution is 2.31. The lowest BCUT2D eigenvalue weighted by atomic mass is 10.1. The van der Waals surface area contributed by atoms with Gasteiger partial charge in [-0.25, -0.2) is 4.68 Å². The number of hydrogen-bond donors (Lipinski definition) is 1. The van der Waals surface area contributed by atoms with E-state index in [4.69, 9.17) is 9.84 Å². The molecule has 0 unspecified atom stereocenters. The number of hydrogen-bond acceptors (Lipinski definition) is 4. The predicted octanol–water partition coefficient (Wildman–Crippen LogP) is 4.54. The lowest BCUT2D eigenvalue weighted by Crippen LogP contribution is -2.23. The van der Waals surface area contributed by atoms with Crippen molar-refractivity contribution in [3.63, 3.8) is 0 Å². The summed E-state index contributed by atoms with van der Waals surface area (Å²) in [7, 11) is 5.61. The third-order valence-electron chi connectivity index (χ3n) is 5.22. The number of nitrogens with one attached hydrogen (secondary N) is 1. The molecular weight excluding hydrogens is 400 g/mol. The Morgan fingerprint density at radius 1 is 1.00 bits per heavy atom. The van der Waals surface area contributed by atoms with E-state index in [-0.39, 0.29) is 5.91 Å². The zero-order valence-corrected chi connectivity index (χ0v) is 18.4. The number of rotatable bonds is 7. The Morgan fingerprint density at radius 3 is 2.50 bits per heavy atom. The number of anilines is 1. The van der Waals surface area contributed by atoms with Crippen molar-refractivity contribution in [2.45, 2.75) is 6.54 Å². The van der Waals surface area contributed by atoms with E-state index in [1.54, 1.807) is 18.0 Å². The second-order valence-electron chi connectivity index (χ2n) is 7.62. The standard InChI is InChI=1S/C26H26N4O2/c1-29(2)21-13-9-10-19(16-21)17-27-26(31)23-18-30(20-11-5-4-6-12-20)28-25(23)22-14-7-8-15-24(22)32-3/h4-16,18H,17H2,1-3H3,(H,27,31). The maximum Gasteiger partial charge on any atom is 0.255 e. The lowest BCUT2D eigenvalue weighted by molar-refractivity contribution is 0.0951. The molecule has 4 aromatic rings. The molecule has 3 aromatic carbocycles. The molecule has 1 N–H and O–H groups in total. The number of aromatic nitrogens is 2. The normalized spacial score (nSPS) is 10.6. The second kappa shape index (κ2) is 9.39. The molecule has 0 aliphatic carbocycles. The average molecular weight is 427 g/mol. The van der Waals surface area contributed by atoms with Gasteiger partial charge in [-0.15, -0.1) is 0 Å². The van der Waals surface area contributed by atoms with Crippen molar-refractivity contribution >= 4 is 11.6 Å². The van der Waals surface area contributed by atoms with E-state index in [0.717, 1.165) is 22.5 Å². The Bertz CT molecular complexity index is 1220. The van der Waals surface area contributed by atoms with Crippen LogP contribution in [0.5, 0.6) is 5.75 Å². The van der Waals surface area contributed by atoms with Gasteiger partial charge in [0, 0.05) is 38.1 Å². The first kappa shape index (κ1) is 21.2. The third-order valence-corrected chi connectivity index (χ3v) is 5.22. The Balaban J connectivity index is 1.68. The van der Waals surface area contributed by atoms with Gasteiger partial charge in [-0.3, -0.25) is 4.79 Å². The van der Waals surface area contributed by atoms with Gasteiger partial charge in [-0.05, 0) is 42.0 Å². The molecule has 0 aliphatic heterocycles. The Morgan fingerprint density at radius 2 is 1.75 bits per heavy atom. The monoisotopic (exact) mass is 426 g/mol. The largest absolute Gasteiger partial charge is 0.496 e. The van der Waals surface area contributed by atoms with E-state index in [1.165, 1.54) is 0 Å². The van der Waals surface area contributed by atoms with Gasteiger partial charge in [0.1, 0.15) is 11.4 Å². The number of carbonyl (C=O) groups is 1. The molecule has 32 heavy (non-hydrogen) atoms. The highest BCUT2D eigenvalue weighted by atomic mass is 16.5. The minimum atomic E-state index is -0.191. The van der Waals surface area contributed by atoms with Crippen LogP contribution in [0.2, 0.25) is 0 Å². The zero-order valence-electron chi connectivity index (χ0n) is 18.4. The minimum Gasteiger partial charge on any atom is -0.496 e. The van der Waals surface area contributed by atoms with Crippen molar-refractivity contribution in [3.05, 3.63) is 96.2 Å². The van der Waals surface area contributed by atoms with Crippen LogP contribution in [-0.2, 0) is 6.54 Å². The first-order valence-corrected chi connectivity index (χ1v) is 10.4. The summed E-state index contributed by atoms with van der Waals surface area (Å²) in [5.74, 6) is 0.474. The number of carbonyl (C=O) groups excluding carboxylic acids is 1. The molecular formula is C26H26N4O2. The molecule has 4 rings (SSSR count).